The topological polar surface area (TPSA) is 81.6 Å². The number of aromatic nitrogens is 2. The number of nitriles is 1. The number of anilines is 1. The van der Waals surface area contributed by atoms with Gasteiger partial charge in [-0.2, -0.15) is 5.26 Å². The first-order valence-corrected chi connectivity index (χ1v) is 4.51. The number of aromatic amines is 1. The molecule has 5 heteroatoms. The van der Waals surface area contributed by atoms with Crippen LogP contribution in [0.3, 0.4) is 0 Å². The lowest BCUT2D eigenvalue weighted by Gasteiger charge is -2.00. The minimum absolute atomic E-state index is 0.101. The third-order valence-electron chi connectivity index (χ3n) is 1.77. The maximum atomic E-state index is 11.3. The van der Waals surface area contributed by atoms with E-state index in [0.29, 0.717) is 12.2 Å². The Kier molecular flexibility index (Phi) is 3.68. The molecule has 2 N–H and O–H groups in total. The zero-order valence-corrected chi connectivity index (χ0v) is 8.00. The Balaban J connectivity index is 2.52. The third kappa shape index (κ3) is 2.59. The van der Waals surface area contributed by atoms with E-state index in [0.717, 1.165) is 12.8 Å². The maximum absolute atomic E-state index is 11.3. The Morgan fingerprint density at radius 1 is 1.79 bits per heavy atom. The van der Waals surface area contributed by atoms with Crippen LogP contribution in [0.4, 0.5) is 5.82 Å². The number of hydrogen-bond acceptors (Lipinski definition) is 3. The second-order valence-electron chi connectivity index (χ2n) is 2.89. The standard InChI is InChI=1S/C9H12N4O/c1-2-3-4-8(14)13-9-7(5-10)11-6-12-9/h6H,2-4H2,1H3,(H,11,12)(H,13,14). The minimum Gasteiger partial charge on any atom is -0.335 e. The highest BCUT2D eigenvalue weighted by atomic mass is 16.1. The quantitative estimate of drug-likeness (QED) is 0.756. The molecule has 0 atom stereocenters. The van der Waals surface area contributed by atoms with Gasteiger partial charge in [-0.05, 0) is 6.42 Å². The van der Waals surface area contributed by atoms with Crippen molar-refractivity contribution in [3.05, 3.63) is 12.0 Å². The number of nitrogens with zero attached hydrogens (tertiary/aromatic N) is 2. The van der Waals surface area contributed by atoms with Crippen LogP contribution in [-0.2, 0) is 4.79 Å². The summed E-state index contributed by atoms with van der Waals surface area (Å²) in [5.74, 6) is 0.212. The zero-order valence-electron chi connectivity index (χ0n) is 8.00. The lowest BCUT2D eigenvalue weighted by Crippen LogP contribution is -2.12. The number of unbranched alkanes of at least 4 members (excludes halogenated alkanes) is 1. The first-order valence-electron chi connectivity index (χ1n) is 4.51. The van der Waals surface area contributed by atoms with Crippen LogP contribution in [0.5, 0.6) is 0 Å². The van der Waals surface area contributed by atoms with E-state index in [-0.39, 0.29) is 11.6 Å². The van der Waals surface area contributed by atoms with E-state index in [1.165, 1.54) is 6.33 Å². The molecule has 0 saturated carbocycles. The van der Waals surface area contributed by atoms with Gasteiger partial charge in [-0.25, -0.2) is 4.98 Å². The molecule has 0 saturated heterocycles. The molecule has 0 unspecified atom stereocenters. The van der Waals surface area contributed by atoms with Gasteiger partial charge in [0.15, 0.2) is 11.5 Å². The van der Waals surface area contributed by atoms with Gasteiger partial charge in [-0.15, -0.1) is 0 Å². The van der Waals surface area contributed by atoms with E-state index in [1.807, 2.05) is 13.0 Å². The highest BCUT2D eigenvalue weighted by Crippen LogP contribution is 2.08. The van der Waals surface area contributed by atoms with Crippen molar-refractivity contribution >= 4 is 11.7 Å². The van der Waals surface area contributed by atoms with E-state index < -0.39 is 0 Å². The maximum Gasteiger partial charge on any atom is 0.225 e. The van der Waals surface area contributed by atoms with Crippen molar-refractivity contribution in [1.29, 1.82) is 5.26 Å². The summed E-state index contributed by atoms with van der Waals surface area (Å²) in [6, 6.07) is 1.90. The van der Waals surface area contributed by atoms with Crippen molar-refractivity contribution in [3.63, 3.8) is 0 Å². The summed E-state index contributed by atoms with van der Waals surface area (Å²) in [7, 11) is 0. The molecule has 0 fully saturated rings. The lowest BCUT2D eigenvalue weighted by atomic mass is 10.2. The Labute approximate surface area is 82.2 Å². The van der Waals surface area contributed by atoms with E-state index >= 15 is 0 Å². The highest BCUT2D eigenvalue weighted by molar-refractivity contribution is 5.90. The molecule has 0 radical (unpaired) electrons. The number of H-pyrrole nitrogens is 1. The molecule has 0 aliphatic rings. The van der Waals surface area contributed by atoms with E-state index in [4.69, 9.17) is 5.26 Å². The third-order valence-corrected chi connectivity index (χ3v) is 1.77. The molecular weight excluding hydrogens is 180 g/mol. The van der Waals surface area contributed by atoms with E-state index in [9.17, 15) is 4.79 Å². The van der Waals surface area contributed by atoms with Crippen LogP contribution in [0, 0.1) is 11.3 Å². The van der Waals surface area contributed by atoms with Crippen molar-refractivity contribution in [2.24, 2.45) is 0 Å². The van der Waals surface area contributed by atoms with Crippen LogP contribution in [-0.4, -0.2) is 15.9 Å². The number of hydrogen-bond donors (Lipinski definition) is 2. The fourth-order valence-corrected chi connectivity index (χ4v) is 1.01. The molecule has 0 aromatic carbocycles. The first-order chi connectivity index (χ1) is 6.77. The molecule has 74 valence electrons. The summed E-state index contributed by atoms with van der Waals surface area (Å²) in [6.45, 7) is 2.02. The smallest absolute Gasteiger partial charge is 0.225 e. The van der Waals surface area contributed by atoms with Gasteiger partial charge >= 0.3 is 0 Å². The van der Waals surface area contributed by atoms with Crippen molar-refractivity contribution < 1.29 is 4.79 Å². The molecule has 0 bridgehead atoms. The number of rotatable bonds is 4. The van der Waals surface area contributed by atoms with Crippen molar-refractivity contribution in [3.8, 4) is 6.07 Å². The fraction of sp³-hybridized carbons (Fsp3) is 0.444. The predicted molar refractivity (Wildman–Crippen MR) is 51.5 cm³/mol. The average Bonchev–Trinajstić information content (AvgIpc) is 2.62. The molecule has 5 nitrogen and oxygen atoms in total. The van der Waals surface area contributed by atoms with Crippen LogP contribution in [0.15, 0.2) is 6.33 Å². The second-order valence-corrected chi connectivity index (χ2v) is 2.89. The number of imidazole rings is 1. The van der Waals surface area contributed by atoms with Gasteiger partial charge in [0.05, 0.1) is 6.33 Å². The Morgan fingerprint density at radius 3 is 3.21 bits per heavy atom. The molecule has 1 aromatic heterocycles. The van der Waals surface area contributed by atoms with Crippen LogP contribution in [0.1, 0.15) is 31.9 Å². The van der Waals surface area contributed by atoms with Gasteiger partial charge in [0.25, 0.3) is 0 Å². The van der Waals surface area contributed by atoms with Crippen molar-refractivity contribution in [2.75, 3.05) is 5.32 Å². The normalized spacial score (nSPS) is 9.43. The van der Waals surface area contributed by atoms with Crippen molar-refractivity contribution in [1.82, 2.24) is 9.97 Å². The lowest BCUT2D eigenvalue weighted by molar-refractivity contribution is -0.116. The molecule has 1 rings (SSSR count). The van der Waals surface area contributed by atoms with Gasteiger partial charge in [0, 0.05) is 6.42 Å². The van der Waals surface area contributed by atoms with Gasteiger partial charge in [0.2, 0.25) is 5.91 Å². The summed E-state index contributed by atoms with van der Waals surface area (Å²) >= 11 is 0. The largest absolute Gasteiger partial charge is 0.335 e. The van der Waals surface area contributed by atoms with Crippen LogP contribution < -0.4 is 5.32 Å². The Morgan fingerprint density at radius 2 is 2.57 bits per heavy atom. The number of nitrogens with one attached hydrogen (secondary N) is 2. The Hall–Kier alpha value is -1.83. The number of carbonyl (C=O) groups is 1. The summed E-state index contributed by atoms with van der Waals surface area (Å²) in [4.78, 5) is 17.7. The summed E-state index contributed by atoms with van der Waals surface area (Å²) < 4.78 is 0. The second kappa shape index (κ2) is 5.02. The molecule has 0 aliphatic carbocycles. The molecule has 1 heterocycles. The van der Waals surface area contributed by atoms with Gasteiger partial charge in [-0.3, -0.25) is 4.79 Å². The molecule has 0 spiro atoms. The fourth-order valence-electron chi connectivity index (χ4n) is 1.01. The summed E-state index contributed by atoms with van der Waals surface area (Å²) in [5, 5.41) is 11.2. The molecule has 1 amide bonds. The minimum atomic E-state index is -0.101. The average molecular weight is 192 g/mol. The molecular formula is C9H12N4O. The zero-order chi connectivity index (χ0) is 10.4. The summed E-state index contributed by atoms with van der Waals surface area (Å²) in [5.41, 5.74) is 0.287. The van der Waals surface area contributed by atoms with E-state index in [2.05, 4.69) is 15.3 Å². The van der Waals surface area contributed by atoms with E-state index in [1.54, 1.807) is 0 Å². The number of carbonyl (C=O) groups excluding carboxylic acids is 1. The molecule has 0 aliphatic heterocycles. The van der Waals surface area contributed by atoms with Crippen LogP contribution >= 0.6 is 0 Å². The predicted octanol–water partition coefficient (Wildman–Crippen LogP) is 1.41. The monoisotopic (exact) mass is 192 g/mol. The molecule has 1 aromatic rings. The summed E-state index contributed by atoms with van der Waals surface area (Å²) in [6.07, 6.45) is 3.67. The Bertz CT molecular complexity index is 350. The van der Waals surface area contributed by atoms with Gasteiger partial charge in [-0.1, -0.05) is 13.3 Å². The molecule has 14 heavy (non-hydrogen) atoms. The number of amides is 1. The van der Waals surface area contributed by atoms with Gasteiger partial charge in [0.1, 0.15) is 6.07 Å². The van der Waals surface area contributed by atoms with Crippen LogP contribution in [0.2, 0.25) is 0 Å². The van der Waals surface area contributed by atoms with Crippen molar-refractivity contribution in [2.45, 2.75) is 26.2 Å². The highest BCUT2D eigenvalue weighted by Gasteiger charge is 2.07. The first kappa shape index (κ1) is 10.3. The van der Waals surface area contributed by atoms with Gasteiger partial charge < -0.3 is 10.3 Å². The van der Waals surface area contributed by atoms with Crippen LogP contribution in [0.25, 0.3) is 0 Å². The SMILES string of the molecule is CCCCC(=O)Nc1nc[nH]c1C#N.